The summed E-state index contributed by atoms with van der Waals surface area (Å²) < 4.78 is 50.9. The first-order valence-corrected chi connectivity index (χ1v) is 21.6. The van der Waals surface area contributed by atoms with Crippen molar-refractivity contribution >= 4 is 40.9 Å². The first-order valence-electron chi connectivity index (χ1n) is 20.4. The van der Waals surface area contributed by atoms with Gasteiger partial charge in [0.25, 0.3) is 11.8 Å². The van der Waals surface area contributed by atoms with Crippen molar-refractivity contribution in [3.05, 3.63) is 113 Å². The van der Waals surface area contributed by atoms with Crippen LogP contribution in [0.25, 0.3) is 11.3 Å². The van der Waals surface area contributed by atoms with Gasteiger partial charge in [-0.25, -0.2) is 0 Å². The van der Waals surface area contributed by atoms with Crippen molar-refractivity contribution in [2.24, 2.45) is 0 Å². The molecule has 2 N–H and O–H groups in total. The second-order valence-electron chi connectivity index (χ2n) is 14.9. The van der Waals surface area contributed by atoms with E-state index in [-0.39, 0.29) is 23.9 Å². The van der Waals surface area contributed by atoms with E-state index in [0.29, 0.717) is 60.0 Å². The number of pyridine rings is 1. The molecule has 2 fully saturated rings. The SMILES string of the molecule is CN(CCN1CCOCC1)C(=O)CCOCCSCc1cccc(C(=O)Nc2ccc(N3CCCCC3)cc2-c2cc(C(=O)NCc3cccc(C(F)(F)F)c3)ccn2)c1. The van der Waals surface area contributed by atoms with Gasteiger partial charge in [0.05, 0.1) is 49.8 Å². The lowest BCUT2D eigenvalue weighted by Gasteiger charge is -2.29. The lowest BCUT2D eigenvalue weighted by Crippen LogP contribution is -2.42. The Bertz CT molecular complexity index is 2060. The molecule has 0 spiro atoms. The molecule has 2 aliphatic rings. The number of nitrogens with zero attached hydrogens (tertiary/aromatic N) is 4. The van der Waals surface area contributed by atoms with E-state index >= 15 is 0 Å². The van der Waals surface area contributed by atoms with Gasteiger partial charge in [-0.2, -0.15) is 24.9 Å². The average Bonchev–Trinajstić information content (AvgIpc) is 3.27. The molecule has 3 heterocycles. The summed E-state index contributed by atoms with van der Waals surface area (Å²) in [7, 11) is 1.83. The van der Waals surface area contributed by atoms with Crippen LogP contribution in [0.1, 0.15) is 63.1 Å². The van der Waals surface area contributed by atoms with Gasteiger partial charge in [0, 0.05) is 92.9 Å². The van der Waals surface area contributed by atoms with Crippen LogP contribution in [0.2, 0.25) is 0 Å². The quantitative estimate of drug-likeness (QED) is 0.0992. The Labute approximate surface area is 354 Å². The van der Waals surface area contributed by atoms with Crippen molar-refractivity contribution in [1.29, 1.82) is 0 Å². The van der Waals surface area contributed by atoms with Crippen LogP contribution in [-0.4, -0.2) is 111 Å². The Balaban J connectivity index is 1.04. The summed E-state index contributed by atoms with van der Waals surface area (Å²) in [5, 5.41) is 5.79. The minimum absolute atomic E-state index is 0.0683. The van der Waals surface area contributed by atoms with Gasteiger partial charge >= 0.3 is 6.18 Å². The summed E-state index contributed by atoms with van der Waals surface area (Å²) in [6.45, 7) is 7.40. The number of amides is 3. The van der Waals surface area contributed by atoms with Crippen molar-refractivity contribution < 1.29 is 37.0 Å². The fourth-order valence-electron chi connectivity index (χ4n) is 7.06. The van der Waals surface area contributed by atoms with Crippen molar-refractivity contribution in [3.8, 4) is 11.3 Å². The standard InChI is InChI=1S/C45H53F3N6O5S/c1-52(18-19-53-20-23-59-24-21-53)42(55)14-22-58-25-26-60-32-34-8-5-9-35(27-34)44(57)51-40-12-11-38(54-16-3-2-4-17-54)30-39(40)41-29-36(13-15-49-41)43(56)50-31-33-7-6-10-37(28-33)45(46,47)48/h5-13,15,27-30H,2-4,14,16-26,31-32H2,1H3,(H,50,56)(H,51,57). The minimum Gasteiger partial charge on any atom is -0.380 e. The molecule has 0 radical (unpaired) electrons. The highest BCUT2D eigenvalue weighted by Gasteiger charge is 2.30. The zero-order valence-corrected chi connectivity index (χ0v) is 34.8. The average molecular weight is 847 g/mol. The Morgan fingerprint density at radius 1 is 0.867 bits per heavy atom. The number of halogens is 3. The summed E-state index contributed by atoms with van der Waals surface area (Å²) in [6.07, 6.45) is 0.675. The van der Waals surface area contributed by atoms with Gasteiger partial charge < -0.3 is 29.9 Å². The molecule has 0 atom stereocenters. The topological polar surface area (TPSA) is 116 Å². The van der Waals surface area contributed by atoms with Crippen LogP contribution in [0.4, 0.5) is 24.5 Å². The van der Waals surface area contributed by atoms with Gasteiger partial charge in [0.2, 0.25) is 5.91 Å². The molecule has 0 unspecified atom stereocenters. The Morgan fingerprint density at radius 3 is 2.43 bits per heavy atom. The first kappa shape index (κ1) is 44.6. The number of hydrogen-bond donors (Lipinski definition) is 2. The number of nitrogens with one attached hydrogen (secondary N) is 2. The number of carbonyl (C=O) groups is 3. The summed E-state index contributed by atoms with van der Waals surface area (Å²) in [6, 6.07) is 21.3. The van der Waals surface area contributed by atoms with Crippen LogP contribution in [0, 0.1) is 0 Å². The molecule has 2 aliphatic heterocycles. The lowest BCUT2D eigenvalue weighted by atomic mass is 10.0. The van der Waals surface area contributed by atoms with Crippen LogP contribution in [0.15, 0.2) is 85.1 Å². The number of likely N-dealkylation sites (N-methyl/N-ethyl adjacent to an activating group) is 1. The van der Waals surface area contributed by atoms with E-state index in [1.165, 1.54) is 24.8 Å². The maximum Gasteiger partial charge on any atom is 0.416 e. The predicted octanol–water partition coefficient (Wildman–Crippen LogP) is 7.37. The molecule has 3 amide bonds. The van der Waals surface area contributed by atoms with E-state index in [4.69, 9.17) is 9.47 Å². The van der Waals surface area contributed by atoms with Gasteiger partial charge in [-0.15, -0.1) is 0 Å². The number of rotatable bonds is 18. The molecule has 60 heavy (non-hydrogen) atoms. The Kier molecular flexibility index (Phi) is 16.4. The number of benzene rings is 3. The Hall–Kier alpha value is -4.96. The third-order valence-electron chi connectivity index (χ3n) is 10.5. The number of hydrogen-bond acceptors (Lipinski definition) is 9. The highest BCUT2D eigenvalue weighted by Crippen LogP contribution is 2.34. The molecule has 15 heteroatoms. The summed E-state index contributed by atoms with van der Waals surface area (Å²) in [5.74, 6) is 0.712. The van der Waals surface area contributed by atoms with Crippen LogP contribution < -0.4 is 15.5 Å². The molecule has 11 nitrogen and oxygen atoms in total. The van der Waals surface area contributed by atoms with Gasteiger partial charge in [-0.1, -0.05) is 24.3 Å². The molecule has 0 bridgehead atoms. The molecular weight excluding hydrogens is 794 g/mol. The smallest absolute Gasteiger partial charge is 0.380 e. The van der Waals surface area contributed by atoms with Crippen molar-refractivity contribution in [1.82, 2.24) is 20.1 Å². The highest BCUT2D eigenvalue weighted by atomic mass is 32.2. The van der Waals surface area contributed by atoms with Crippen molar-refractivity contribution in [2.45, 2.75) is 44.2 Å². The number of ether oxygens (including phenoxy) is 2. The van der Waals surface area contributed by atoms with Gasteiger partial charge in [0.15, 0.2) is 0 Å². The van der Waals surface area contributed by atoms with E-state index in [1.54, 1.807) is 34.9 Å². The molecule has 3 aromatic carbocycles. The fraction of sp³-hybridized carbons (Fsp3) is 0.422. The molecule has 4 aromatic rings. The number of anilines is 2. The molecular formula is C45H53F3N6O5S. The molecule has 2 saturated heterocycles. The van der Waals surface area contributed by atoms with E-state index in [2.05, 4.69) is 25.4 Å². The van der Waals surface area contributed by atoms with E-state index < -0.39 is 17.6 Å². The van der Waals surface area contributed by atoms with Gasteiger partial charge in [0.1, 0.15) is 0 Å². The minimum atomic E-state index is -4.49. The third-order valence-corrected chi connectivity index (χ3v) is 11.5. The van der Waals surface area contributed by atoms with Crippen molar-refractivity contribution in [3.63, 3.8) is 0 Å². The number of aromatic nitrogens is 1. The molecule has 0 saturated carbocycles. The molecule has 320 valence electrons. The van der Waals surface area contributed by atoms with E-state index in [1.807, 2.05) is 43.4 Å². The monoisotopic (exact) mass is 846 g/mol. The summed E-state index contributed by atoms with van der Waals surface area (Å²) in [4.78, 5) is 50.5. The molecule has 1 aromatic heterocycles. The number of piperidine rings is 1. The highest BCUT2D eigenvalue weighted by molar-refractivity contribution is 7.98. The van der Waals surface area contributed by atoms with Crippen molar-refractivity contribution in [2.75, 3.05) is 88.7 Å². The maximum atomic E-state index is 13.7. The largest absolute Gasteiger partial charge is 0.416 e. The maximum absolute atomic E-state index is 13.7. The van der Waals surface area contributed by atoms with Crippen LogP contribution in [0.5, 0.6) is 0 Å². The molecule has 6 rings (SSSR count). The second-order valence-corrected chi connectivity index (χ2v) is 16.0. The van der Waals surface area contributed by atoms with Gasteiger partial charge in [-0.3, -0.25) is 24.3 Å². The zero-order chi connectivity index (χ0) is 42.3. The first-order chi connectivity index (χ1) is 29.0. The number of morpholine rings is 1. The number of carbonyl (C=O) groups excluding carboxylic acids is 3. The molecule has 0 aliphatic carbocycles. The van der Waals surface area contributed by atoms with Crippen LogP contribution >= 0.6 is 11.8 Å². The van der Waals surface area contributed by atoms with Crippen LogP contribution in [0.3, 0.4) is 0 Å². The third kappa shape index (κ3) is 13.3. The zero-order valence-electron chi connectivity index (χ0n) is 34.0. The second kappa shape index (κ2) is 22.0. The summed E-state index contributed by atoms with van der Waals surface area (Å²) >= 11 is 1.68. The number of alkyl halides is 3. The normalized spacial score (nSPS) is 14.8. The van der Waals surface area contributed by atoms with Crippen LogP contribution in [-0.2, 0) is 32.7 Å². The summed E-state index contributed by atoms with van der Waals surface area (Å²) in [5.41, 5.74) is 3.88. The van der Waals surface area contributed by atoms with E-state index in [0.717, 1.165) is 87.9 Å². The fourth-order valence-corrected chi connectivity index (χ4v) is 7.86. The van der Waals surface area contributed by atoms with E-state index in [9.17, 15) is 27.6 Å². The predicted molar refractivity (Wildman–Crippen MR) is 229 cm³/mol. The van der Waals surface area contributed by atoms with Gasteiger partial charge in [-0.05, 0) is 85.0 Å². The lowest BCUT2D eigenvalue weighted by molar-refractivity contribution is -0.137. The number of thioether (sulfide) groups is 1. The Morgan fingerprint density at radius 2 is 1.63 bits per heavy atom.